The minimum absolute atomic E-state index is 0.0958. The second kappa shape index (κ2) is 4.44. The first-order chi connectivity index (χ1) is 7.63. The maximum atomic E-state index is 13.5. The van der Waals surface area contributed by atoms with Gasteiger partial charge >= 0.3 is 0 Å². The van der Waals surface area contributed by atoms with E-state index >= 15 is 0 Å². The van der Waals surface area contributed by atoms with Crippen molar-refractivity contribution in [1.82, 2.24) is 9.78 Å². The molecule has 0 fully saturated rings. The van der Waals surface area contributed by atoms with Crippen LogP contribution in [0.2, 0.25) is 5.02 Å². The Morgan fingerprint density at radius 2 is 2.19 bits per heavy atom. The fraction of sp³-hybridized carbons (Fsp3) is 0.182. The van der Waals surface area contributed by atoms with Crippen LogP contribution >= 0.6 is 23.2 Å². The van der Waals surface area contributed by atoms with Crippen molar-refractivity contribution < 1.29 is 4.39 Å². The predicted octanol–water partition coefficient (Wildman–Crippen LogP) is 3.71. The molecule has 2 aromatic rings. The first-order valence-corrected chi connectivity index (χ1v) is 5.60. The zero-order valence-corrected chi connectivity index (χ0v) is 10.1. The van der Waals surface area contributed by atoms with E-state index < -0.39 is 0 Å². The van der Waals surface area contributed by atoms with Crippen molar-refractivity contribution in [2.24, 2.45) is 0 Å². The lowest BCUT2D eigenvalue weighted by Crippen LogP contribution is -2.01. The average Bonchev–Trinajstić information content (AvgIpc) is 2.59. The molecule has 0 aliphatic carbocycles. The summed E-state index contributed by atoms with van der Waals surface area (Å²) in [6, 6.07) is 4.74. The van der Waals surface area contributed by atoms with E-state index in [2.05, 4.69) is 5.10 Å². The average molecular weight is 259 g/mol. The van der Waals surface area contributed by atoms with Crippen LogP contribution in [0.15, 0.2) is 24.4 Å². The first-order valence-electron chi connectivity index (χ1n) is 4.69. The third kappa shape index (κ3) is 1.93. The van der Waals surface area contributed by atoms with Gasteiger partial charge in [0.1, 0.15) is 5.82 Å². The van der Waals surface area contributed by atoms with Gasteiger partial charge in [0.2, 0.25) is 0 Å². The largest absolute Gasteiger partial charge is 0.239 e. The number of rotatable bonds is 2. The summed E-state index contributed by atoms with van der Waals surface area (Å²) in [7, 11) is 0. The number of nitrogens with zero attached hydrogens (tertiary/aromatic N) is 2. The highest BCUT2D eigenvalue weighted by Gasteiger charge is 2.11. The van der Waals surface area contributed by atoms with Gasteiger partial charge < -0.3 is 0 Å². The van der Waals surface area contributed by atoms with Gasteiger partial charge in [-0.15, -0.1) is 11.6 Å². The van der Waals surface area contributed by atoms with E-state index in [4.69, 9.17) is 23.2 Å². The maximum Gasteiger partial charge on any atom is 0.129 e. The molecule has 0 saturated heterocycles. The van der Waals surface area contributed by atoms with Gasteiger partial charge in [0.15, 0.2) is 0 Å². The first kappa shape index (κ1) is 11.4. The van der Waals surface area contributed by atoms with Crippen molar-refractivity contribution in [3.8, 4) is 5.69 Å². The molecule has 0 bridgehead atoms. The number of halogens is 3. The van der Waals surface area contributed by atoms with E-state index in [0.717, 1.165) is 0 Å². The Kier molecular flexibility index (Phi) is 3.17. The monoisotopic (exact) mass is 258 g/mol. The van der Waals surface area contributed by atoms with Crippen molar-refractivity contribution >= 4 is 23.2 Å². The Labute approximate surface area is 103 Å². The van der Waals surface area contributed by atoms with Gasteiger partial charge in [0.05, 0.1) is 22.3 Å². The van der Waals surface area contributed by atoms with E-state index in [1.165, 1.54) is 6.07 Å². The minimum atomic E-state index is -0.336. The molecule has 0 amide bonds. The van der Waals surface area contributed by atoms with Crippen molar-refractivity contribution in [2.75, 3.05) is 0 Å². The predicted molar refractivity (Wildman–Crippen MR) is 62.8 cm³/mol. The highest BCUT2D eigenvalue weighted by Crippen LogP contribution is 2.22. The van der Waals surface area contributed by atoms with Gasteiger partial charge in [-0.1, -0.05) is 17.7 Å². The molecule has 1 aromatic heterocycles. The second-order valence-corrected chi connectivity index (χ2v) is 4.05. The zero-order valence-electron chi connectivity index (χ0n) is 8.54. The molecule has 0 radical (unpaired) electrons. The van der Waals surface area contributed by atoms with Gasteiger partial charge in [0.25, 0.3) is 0 Å². The molecule has 0 aliphatic rings. The highest BCUT2D eigenvalue weighted by atomic mass is 35.5. The normalized spacial score (nSPS) is 10.8. The lowest BCUT2D eigenvalue weighted by atomic mass is 10.2. The third-order valence-electron chi connectivity index (χ3n) is 2.31. The van der Waals surface area contributed by atoms with Crippen LogP contribution in [0.3, 0.4) is 0 Å². The molecule has 0 saturated carbocycles. The summed E-state index contributed by atoms with van der Waals surface area (Å²) in [6.07, 6.45) is 1.64. The molecule has 2 rings (SSSR count). The fourth-order valence-corrected chi connectivity index (χ4v) is 1.85. The molecule has 5 heteroatoms. The SMILES string of the molecule is Cc1nn(-c2cccc(F)c2CCl)cc1Cl. The number of aryl methyl sites for hydroxylation is 1. The summed E-state index contributed by atoms with van der Waals surface area (Å²) in [5, 5.41) is 4.74. The quantitative estimate of drug-likeness (QED) is 0.751. The maximum absolute atomic E-state index is 13.5. The molecule has 1 aromatic carbocycles. The van der Waals surface area contributed by atoms with Crippen LogP contribution in [-0.2, 0) is 5.88 Å². The van der Waals surface area contributed by atoms with E-state index in [1.807, 2.05) is 0 Å². The molecule has 0 N–H and O–H groups in total. The van der Waals surface area contributed by atoms with E-state index in [9.17, 15) is 4.39 Å². The van der Waals surface area contributed by atoms with Crippen molar-refractivity contribution in [3.05, 3.63) is 46.5 Å². The van der Waals surface area contributed by atoms with Crippen molar-refractivity contribution in [3.63, 3.8) is 0 Å². The van der Waals surface area contributed by atoms with Crippen molar-refractivity contribution in [1.29, 1.82) is 0 Å². The molecule has 16 heavy (non-hydrogen) atoms. The van der Waals surface area contributed by atoms with Gasteiger partial charge in [-0.3, -0.25) is 0 Å². The number of aromatic nitrogens is 2. The van der Waals surface area contributed by atoms with Crippen LogP contribution in [0.1, 0.15) is 11.3 Å². The Balaban J connectivity index is 2.59. The van der Waals surface area contributed by atoms with Crippen LogP contribution in [0.25, 0.3) is 5.69 Å². The van der Waals surface area contributed by atoms with Gasteiger partial charge in [-0.2, -0.15) is 5.10 Å². The third-order valence-corrected chi connectivity index (χ3v) is 2.95. The van der Waals surface area contributed by atoms with E-state index in [-0.39, 0.29) is 11.7 Å². The van der Waals surface area contributed by atoms with Crippen molar-refractivity contribution in [2.45, 2.75) is 12.8 Å². The molecule has 0 spiro atoms. The second-order valence-electron chi connectivity index (χ2n) is 3.38. The Hall–Kier alpha value is -1.06. The molecule has 84 valence electrons. The lowest BCUT2D eigenvalue weighted by molar-refractivity contribution is 0.613. The highest BCUT2D eigenvalue weighted by molar-refractivity contribution is 6.31. The summed E-state index contributed by atoms with van der Waals surface area (Å²) in [5.41, 5.74) is 1.74. The Morgan fingerprint density at radius 1 is 1.44 bits per heavy atom. The molecule has 0 unspecified atom stereocenters. The summed E-state index contributed by atoms with van der Waals surface area (Å²) in [6.45, 7) is 1.79. The molecule has 1 heterocycles. The van der Waals surface area contributed by atoms with E-state index in [1.54, 1.807) is 29.9 Å². The number of hydrogen-bond acceptors (Lipinski definition) is 1. The molecular formula is C11H9Cl2FN2. The van der Waals surface area contributed by atoms with Crippen LogP contribution in [0.5, 0.6) is 0 Å². The summed E-state index contributed by atoms with van der Waals surface area (Å²) >= 11 is 11.6. The summed E-state index contributed by atoms with van der Waals surface area (Å²) in [5.74, 6) is -0.241. The van der Waals surface area contributed by atoms with E-state index in [0.29, 0.717) is 22.0 Å². The minimum Gasteiger partial charge on any atom is -0.239 e. The van der Waals surface area contributed by atoms with Gasteiger partial charge in [0, 0.05) is 11.8 Å². The summed E-state index contributed by atoms with van der Waals surface area (Å²) in [4.78, 5) is 0. The smallest absolute Gasteiger partial charge is 0.129 e. The van der Waals surface area contributed by atoms with Crippen LogP contribution in [-0.4, -0.2) is 9.78 Å². The van der Waals surface area contributed by atoms with Crippen LogP contribution < -0.4 is 0 Å². The number of alkyl halides is 1. The zero-order chi connectivity index (χ0) is 11.7. The molecule has 2 nitrogen and oxygen atoms in total. The molecular weight excluding hydrogens is 250 g/mol. The molecule has 0 atom stereocenters. The lowest BCUT2D eigenvalue weighted by Gasteiger charge is -2.07. The Morgan fingerprint density at radius 3 is 2.75 bits per heavy atom. The molecule has 0 aliphatic heterocycles. The standard InChI is InChI=1S/C11H9Cl2FN2/c1-7-9(13)6-16(15-7)11-4-2-3-10(14)8(11)5-12/h2-4,6H,5H2,1H3. The topological polar surface area (TPSA) is 17.8 Å². The fourth-order valence-electron chi connectivity index (χ4n) is 1.46. The number of hydrogen-bond donors (Lipinski definition) is 0. The van der Waals surface area contributed by atoms with Crippen LogP contribution in [0.4, 0.5) is 4.39 Å². The summed E-state index contributed by atoms with van der Waals surface area (Å²) < 4.78 is 15.0. The number of benzene rings is 1. The van der Waals surface area contributed by atoms with Gasteiger partial charge in [-0.05, 0) is 19.1 Å². The Bertz CT molecular complexity index is 503. The van der Waals surface area contributed by atoms with Gasteiger partial charge in [-0.25, -0.2) is 9.07 Å². The van der Waals surface area contributed by atoms with Crippen LogP contribution in [0, 0.1) is 12.7 Å².